The fourth-order valence-electron chi connectivity index (χ4n) is 3.91. The number of aromatic nitrogens is 2. The van der Waals surface area contributed by atoms with E-state index in [0.29, 0.717) is 37.2 Å². The van der Waals surface area contributed by atoms with Crippen LogP contribution in [0.4, 0.5) is 5.69 Å². The van der Waals surface area contributed by atoms with E-state index in [1.54, 1.807) is 24.5 Å². The van der Waals surface area contributed by atoms with Crippen molar-refractivity contribution in [3.63, 3.8) is 0 Å². The van der Waals surface area contributed by atoms with Crippen molar-refractivity contribution in [3.8, 4) is 5.75 Å². The molecule has 1 aliphatic rings. The molecule has 10 nitrogen and oxygen atoms in total. The minimum atomic E-state index is -0.422. The van der Waals surface area contributed by atoms with E-state index in [4.69, 9.17) is 5.73 Å². The van der Waals surface area contributed by atoms with Crippen LogP contribution in [0, 0.1) is 0 Å². The van der Waals surface area contributed by atoms with E-state index in [0.717, 1.165) is 24.1 Å². The molecular weight excluding hydrogens is 434 g/mol. The summed E-state index contributed by atoms with van der Waals surface area (Å²) in [5.41, 5.74) is 7.87. The smallest absolute Gasteiger partial charge is 0.344 e. The zero-order valence-corrected chi connectivity index (χ0v) is 19.6. The number of aromatic hydroxyl groups is 1. The van der Waals surface area contributed by atoms with Crippen molar-refractivity contribution in [1.29, 1.82) is 0 Å². The van der Waals surface area contributed by atoms with Gasteiger partial charge < -0.3 is 25.6 Å². The number of nitrogens with one attached hydrogen (secondary N) is 1. The van der Waals surface area contributed by atoms with E-state index < -0.39 is 5.69 Å². The number of likely N-dealkylation sites (tertiary alicyclic amines) is 1. The number of amidine groups is 1. The number of H-pyrrole nitrogens is 1. The highest BCUT2D eigenvalue weighted by Gasteiger charge is 2.25. The van der Waals surface area contributed by atoms with Crippen molar-refractivity contribution in [2.45, 2.75) is 32.2 Å². The summed E-state index contributed by atoms with van der Waals surface area (Å²) in [6.45, 7) is 7.17. The molecule has 10 heteroatoms. The Morgan fingerprint density at radius 3 is 2.74 bits per heavy atom. The third-order valence-electron chi connectivity index (χ3n) is 6.01. The van der Waals surface area contributed by atoms with Crippen LogP contribution in [0.2, 0.25) is 0 Å². The van der Waals surface area contributed by atoms with E-state index in [1.807, 2.05) is 24.9 Å². The maximum atomic E-state index is 12.1. The molecule has 4 N–H and O–H groups in total. The van der Waals surface area contributed by atoms with Crippen LogP contribution in [0.25, 0.3) is 5.57 Å². The summed E-state index contributed by atoms with van der Waals surface area (Å²) in [6, 6.07) is 5.61. The average molecular weight is 466 g/mol. The van der Waals surface area contributed by atoms with E-state index in [-0.39, 0.29) is 23.5 Å². The maximum absolute atomic E-state index is 12.1. The van der Waals surface area contributed by atoms with Crippen LogP contribution < -0.4 is 16.3 Å². The van der Waals surface area contributed by atoms with Gasteiger partial charge in [-0.1, -0.05) is 0 Å². The summed E-state index contributed by atoms with van der Waals surface area (Å²) in [5, 5.41) is 10.7. The lowest BCUT2D eigenvalue weighted by atomic mass is 10.0. The summed E-state index contributed by atoms with van der Waals surface area (Å²) < 4.78 is 0. The number of benzene rings is 1. The minimum Gasteiger partial charge on any atom is -0.507 e. The second kappa shape index (κ2) is 11.4. The number of carbonyl (C=O) groups is 1. The van der Waals surface area contributed by atoms with Crippen molar-refractivity contribution in [2.24, 2.45) is 15.7 Å². The number of allylic oxidation sites excluding steroid dienone is 1. The standard InChI is InChI=1S/C24H31N7O3/c1-16(17-14-28-24(34)29-15-17)13-27-23(26-2)20-5-4-19(12-21(20)32)30(3)18-7-10-31(11-8-18)22(33)6-9-25/h4-5,12-15,18,32H,2,6-11,25H2,1,3H3,(H,28,29,34)/b16-13+,27-23-. The van der Waals surface area contributed by atoms with E-state index >= 15 is 0 Å². The van der Waals surface area contributed by atoms with Crippen molar-refractivity contribution in [3.05, 3.63) is 58.4 Å². The Morgan fingerprint density at radius 1 is 1.41 bits per heavy atom. The number of carbonyl (C=O) groups excluding carboxylic acids is 1. The Bertz CT molecular complexity index is 1130. The second-order valence-corrected chi connectivity index (χ2v) is 8.19. The SMILES string of the molecule is C=N/C(=N\C=C(/C)c1cnc(=O)[nH]c1)c1ccc(N(C)C2CCN(C(=O)CCN)CC2)cc1O. The molecule has 1 aromatic heterocycles. The van der Waals surface area contributed by atoms with Crippen LogP contribution >= 0.6 is 0 Å². The lowest BCUT2D eigenvalue weighted by molar-refractivity contribution is -0.132. The number of piperidine rings is 1. The number of rotatable bonds is 7. The summed E-state index contributed by atoms with van der Waals surface area (Å²) >= 11 is 0. The second-order valence-electron chi connectivity index (χ2n) is 8.19. The first kappa shape index (κ1) is 24.8. The Morgan fingerprint density at radius 2 is 2.15 bits per heavy atom. The predicted molar refractivity (Wildman–Crippen MR) is 134 cm³/mol. The number of aromatic amines is 1. The highest BCUT2D eigenvalue weighted by Crippen LogP contribution is 2.29. The van der Waals surface area contributed by atoms with Crippen LogP contribution in [-0.4, -0.2) is 71.2 Å². The number of phenolic OH excluding ortho intramolecular Hbond substituents is 1. The summed E-state index contributed by atoms with van der Waals surface area (Å²) in [6.07, 6.45) is 6.67. The Hall–Kier alpha value is -3.79. The highest BCUT2D eigenvalue weighted by atomic mass is 16.3. The molecule has 1 amide bonds. The highest BCUT2D eigenvalue weighted by molar-refractivity contribution is 6.04. The van der Waals surface area contributed by atoms with Crippen molar-refractivity contribution in [2.75, 3.05) is 31.6 Å². The van der Waals surface area contributed by atoms with Gasteiger partial charge in [0.2, 0.25) is 5.91 Å². The third kappa shape index (κ3) is 5.96. The molecule has 0 radical (unpaired) electrons. The first-order valence-electron chi connectivity index (χ1n) is 11.1. The maximum Gasteiger partial charge on any atom is 0.344 e. The number of hydrogen-bond donors (Lipinski definition) is 3. The van der Waals surface area contributed by atoms with Crippen LogP contribution in [0.15, 0.2) is 51.6 Å². The van der Waals surface area contributed by atoms with Gasteiger partial charge in [0.1, 0.15) is 5.75 Å². The van der Waals surface area contributed by atoms with Gasteiger partial charge in [0, 0.05) is 75.1 Å². The molecule has 0 spiro atoms. The summed E-state index contributed by atoms with van der Waals surface area (Å²) in [5.74, 6) is 0.424. The topological polar surface area (TPSA) is 140 Å². The zero-order chi connectivity index (χ0) is 24.7. The molecule has 3 rings (SSSR count). The third-order valence-corrected chi connectivity index (χ3v) is 6.01. The Balaban J connectivity index is 1.72. The Kier molecular flexibility index (Phi) is 8.31. The molecule has 1 fully saturated rings. The fraction of sp³-hybridized carbons (Fsp3) is 0.375. The van der Waals surface area contributed by atoms with Gasteiger partial charge >= 0.3 is 5.69 Å². The molecule has 0 atom stereocenters. The molecule has 0 aliphatic carbocycles. The first-order chi connectivity index (χ1) is 16.3. The number of hydrogen-bond acceptors (Lipinski definition) is 7. The fourth-order valence-corrected chi connectivity index (χ4v) is 3.91. The molecule has 0 unspecified atom stereocenters. The van der Waals surface area contributed by atoms with Gasteiger partial charge in [-0.05, 0) is 44.2 Å². The number of nitrogens with two attached hydrogens (primary N) is 1. The molecule has 0 saturated carbocycles. The van der Waals surface area contributed by atoms with Gasteiger partial charge in [-0.15, -0.1) is 0 Å². The van der Waals surface area contributed by atoms with Crippen LogP contribution in [0.5, 0.6) is 5.75 Å². The average Bonchev–Trinajstić information content (AvgIpc) is 2.85. The van der Waals surface area contributed by atoms with Crippen LogP contribution in [0.3, 0.4) is 0 Å². The van der Waals surface area contributed by atoms with E-state index in [2.05, 4.69) is 31.6 Å². The van der Waals surface area contributed by atoms with E-state index in [9.17, 15) is 14.7 Å². The van der Waals surface area contributed by atoms with Gasteiger partial charge in [-0.3, -0.25) is 4.79 Å². The van der Waals surface area contributed by atoms with Crippen LogP contribution in [0.1, 0.15) is 37.3 Å². The number of phenols is 1. The quantitative estimate of drug-likeness (QED) is 0.420. The van der Waals surface area contributed by atoms with Crippen molar-refractivity contribution in [1.82, 2.24) is 14.9 Å². The molecule has 34 heavy (non-hydrogen) atoms. The number of nitrogens with zero attached hydrogens (tertiary/aromatic N) is 5. The summed E-state index contributed by atoms with van der Waals surface area (Å²) in [7, 11) is 1.99. The Labute approximate surface area is 198 Å². The number of aliphatic imine (C=N–C) groups is 2. The lowest BCUT2D eigenvalue weighted by Crippen LogP contribution is -2.46. The predicted octanol–water partition coefficient (Wildman–Crippen LogP) is 1.76. The summed E-state index contributed by atoms with van der Waals surface area (Å²) in [4.78, 5) is 41.7. The molecular formula is C24H31N7O3. The number of anilines is 1. The molecule has 180 valence electrons. The van der Waals surface area contributed by atoms with Crippen molar-refractivity contribution < 1.29 is 9.90 Å². The van der Waals surface area contributed by atoms with Crippen LogP contribution in [-0.2, 0) is 4.79 Å². The number of amides is 1. The van der Waals surface area contributed by atoms with Gasteiger partial charge in [-0.25, -0.2) is 19.8 Å². The van der Waals surface area contributed by atoms with Gasteiger partial charge in [0.15, 0.2) is 5.84 Å². The zero-order valence-electron chi connectivity index (χ0n) is 19.6. The molecule has 1 aromatic carbocycles. The van der Waals surface area contributed by atoms with Gasteiger partial charge in [-0.2, -0.15) is 0 Å². The molecule has 2 aromatic rings. The first-order valence-corrected chi connectivity index (χ1v) is 11.1. The normalized spacial score (nSPS) is 15.3. The molecule has 2 heterocycles. The minimum absolute atomic E-state index is 0.0443. The molecule has 0 bridgehead atoms. The lowest BCUT2D eigenvalue weighted by Gasteiger charge is -2.38. The van der Waals surface area contributed by atoms with E-state index in [1.165, 1.54) is 6.20 Å². The monoisotopic (exact) mass is 465 g/mol. The molecule has 1 aliphatic heterocycles. The van der Waals surface area contributed by atoms with Gasteiger partial charge in [0.25, 0.3) is 0 Å². The largest absolute Gasteiger partial charge is 0.507 e. The van der Waals surface area contributed by atoms with Crippen molar-refractivity contribution >= 4 is 29.7 Å². The van der Waals surface area contributed by atoms with Gasteiger partial charge in [0.05, 0.1) is 5.56 Å². The molecule has 1 saturated heterocycles.